The second-order valence-corrected chi connectivity index (χ2v) is 4.89. The maximum absolute atomic E-state index is 11.5. The summed E-state index contributed by atoms with van der Waals surface area (Å²) in [6, 6.07) is 0. The smallest absolute Gasteiger partial charge is 0.222 e. The van der Waals surface area contributed by atoms with Crippen molar-refractivity contribution in [3.63, 3.8) is 0 Å². The van der Waals surface area contributed by atoms with Gasteiger partial charge in [0.05, 0.1) is 85.2 Å². The summed E-state index contributed by atoms with van der Waals surface area (Å²) in [5.74, 6) is -0.0801. The molecule has 8 heteroatoms. The van der Waals surface area contributed by atoms with E-state index in [0.717, 1.165) is 0 Å². The molecule has 0 bridgehead atoms. The molecule has 23 heavy (non-hydrogen) atoms. The fourth-order valence-corrected chi connectivity index (χ4v) is 1.84. The van der Waals surface area contributed by atoms with Crippen molar-refractivity contribution in [2.24, 2.45) is 0 Å². The molecule has 1 amide bonds. The van der Waals surface area contributed by atoms with Crippen molar-refractivity contribution in [2.45, 2.75) is 12.5 Å². The van der Waals surface area contributed by atoms with Gasteiger partial charge >= 0.3 is 0 Å². The van der Waals surface area contributed by atoms with Gasteiger partial charge in [-0.05, 0) is 0 Å². The predicted octanol–water partition coefficient (Wildman–Crippen LogP) is -0.396. The van der Waals surface area contributed by atoms with Crippen LogP contribution in [0.4, 0.5) is 0 Å². The summed E-state index contributed by atoms with van der Waals surface area (Å²) in [6.45, 7) is 5.29. The van der Waals surface area contributed by atoms with Gasteiger partial charge in [0.15, 0.2) is 0 Å². The van der Waals surface area contributed by atoms with Gasteiger partial charge in [-0.25, -0.2) is 0 Å². The summed E-state index contributed by atoms with van der Waals surface area (Å²) in [4.78, 5) is 11.5. The van der Waals surface area contributed by atoms with E-state index < -0.39 is 0 Å². The van der Waals surface area contributed by atoms with Gasteiger partial charge in [-0.2, -0.15) is 0 Å². The van der Waals surface area contributed by atoms with Crippen LogP contribution >= 0.6 is 0 Å². The fourth-order valence-electron chi connectivity index (χ4n) is 1.84. The molecule has 0 aromatic rings. The molecule has 0 saturated carbocycles. The molecule has 1 heterocycles. The molecule has 1 rings (SSSR count). The molecule has 0 aliphatic carbocycles. The Kier molecular flexibility index (Phi) is 13.0. The van der Waals surface area contributed by atoms with E-state index in [2.05, 4.69) is 5.32 Å². The number of carbonyl (C=O) groups excluding carboxylic acids is 1. The molecule has 0 radical (unpaired) electrons. The number of rotatable bonds is 2. The Hall–Kier alpha value is -0.770. The standard InChI is InChI=1S/C15H29NO7/c1-16-15(17)12-14-13-22-9-8-20-5-4-18-2-3-19-6-7-21-10-11-23-14/h14H,2-13H2,1H3,(H,16,17). The summed E-state index contributed by atoms with van der Waals surface area (Å²) < 4.78 is 32.7. The van der Waals surface area contributed by atoms with Crippen LogP contribution in [0, 0.1) is 0 Å². The minimum atomic E-state index is -0.294. The molecule has 1 aliphatic rings. The van der Waals surface area contributed by atoms with E-state index in [1.807, 2.05) is 0 Å². The number of ether oxygens (including phenoxy) is 6. The summed E-state index contributed by atoms with van der Waals surface area (Å²) in [7, 11) is 1.60. The van der Waals surface area contributed by atoms with Gasteiger partial charge in [0.25, 0.3) is 0 Å². The van der Waals surface area contributed by atoms with Gasteiger partial charge in [-0.3, -0.25) is 4.79 Å². The van der Waals surface area contributed by atoms with Crippen molar-refractivity contribution < 1.29 is 33.2 Å². The Morgan fingerprint density at radius 1 is 0.783 bits per heavy atom. The highest BCUT2D eigenvalue weighted by molar-refractivity contribution is 5.76. The van der Waals surface area contributed by atoms with Crippen LogP contribution in [0.5, 0.6) is 0 Å². The number of hydrogen-bond donors (Lipinski definition) is 1. The van der Waals surface area contributed by atoms with Crippen LogP contribution in [0.25, 0.3) is 0 Å². The van der Waals surface area contributed by atoms with Gasteiger partial charge < -0.3 is 33.7 Å². The van der Waals surface area contributed by atoms with Crippen LogP contribution in [0.15, 0.2) is 0 Å². The predicted molar refractivity (Wildman–Crippen MR) is 82.5 cm³/mol. The number of amides is 1. The molecule has 1 N–H and O–H groups in total. The van der Waals surface area contributed by atoms with Gasteiger partial charge in [-0.1, -0.05) is 0 Å². The molecular formula is C15H29NO7. The number of nitrogens with one attached hydrogen (secondary N) is 1. The lowest BCUT2D eigenvalue weighted by atomic mass is 10.2. The summed E-state index contributed by atoms with van der Waals surface area (Å²) in [6.07, 6.45) is -0.0362. The van der Waals surface area contributed by atoms with Crippen molar-refractivity contribution in [1.82, 2.24) is 5.32 Å². The molecule has 1 saturated heterocycles. The highest BCUT2D eigenvalue weighted by Gasteiger charge is 2.14. The largest absolute Gasteiger partial charge is 0.377 e. The van der Waals surface area contributed by atoms with E-state index in [1.54, 1.807) is 7.05 Å². The first-order valence-electron chi connectivity index (χ1n) is 8.04. The molecule has 1 unspecified atom stereocenters. The highest BCUT2D eigenvalue weighted by atomic mass is 16.6. The lowest BCUT2D eigenvalue weighted by Crippen LogP contribution is -2.30. The summed E-state index contributed by atoms with van der Waals surface area (Å²) in [5, 5.41) is 2.58. The minimum absolute atomic E-state index is 0.0801. The van der Waals surface area contributed by atoms with Crippen LogP contribution in [0.1, 0.15) is 6.42 Å². The van der Waals surface area contributed by atoms with E-state index in [0.29, 0.717) is 72.7 Å². The van der Waals surface area contributed by atoms with Crippen LogP contribution in [-0.2, 0) is 33.2 Å². The first-order valence-corrected chi connectivity index (χ1v) is 8.04. The quantitative estimate of drug-likeness (QED) is 0.735. The van der Waals surface area contributed by atoms with Gasteiger partial charge in [0.2, 0.25) is 5.91 Å². The molecule has 0 aromatic heterocycles. The molecule has 136 valence electrons. The summed E-state index contributed by atoms with van der Waals surface area (Å²) in [5.41, 5.74) is 0. The average molecular weight is 335 g/mol. The first kappa shape index (κ1) is 20.3. The highest BCUT2D eigenvalue weighted by Crippen LogP contribution is 2.01. The number of hydrogen-bond acceptors (Lipinski definition) is 7. The third-order valence-corrected chi connectivity index (χ3v) is 3.06. The van der Waals surface area contributed by atoms with E-state index in [4.69, 9.17) is 28.4 Å². The molecule has 0 spiro atoms. The maximum atomic E-state index is 11.5. The minimum Gasteiger partial charge on any atom is -0.377 e. The van der Waals surface area contributed by atoms with Gasteiger partial charge in [0, 0.05) is 7.05 Å². The van der Waals surface area contributed by atoms with E-state index in [9.17, 15) is 4.79 Å². The Balaban J connectivity index is 2.28. The molecule has 1 aliphatic heterocycles. The molecule has 1 fully saturated rings. The van der Waals surface area contributed by atoms with Crippen molar-refractivity contribution >= 4 is 5.91 Å². The Labute approximate surface area is 137 Å². The second-order valence-electron chi connectivity index (χ2n) is 4.89. The fraction of sp³-hybridized carbons (Fsp3) is 0.933. The van der Waals surface area contributed by atoms with Gasteiger partial charge in [-0.15, -0.1) is 0 Å². The zero-order valence-electron chi connectivity index (χ0n) is 13.9. The average Bonchev–Trinajstić information content (AvgIpc) is 2.56. The monoisotopic (exact) mass is 335 g/mol. The number of carbonyl (C=O) groups is 1. The zero-order valence-corrected chi connectivity index (χ0v) is 13.9. The van der Waals surface area contributed by atoms with Crippen molar-refractivity contribution in [3.8, 4) is 0 Å². The topological polar surface area (TPSA) is 84.5 Å². The maximum Gasteiger partial charge on any atom is 0.222 e. The first-order chi connectivity index (χ1) is 11.3. The van der Waals surface area contributed by atoms with E-state index in [1.165, 1.54) is 0 Å². The lowest BCUT2D eigenvalue weighted by Gasteiger charge is -2.18. The SMILES string of the molecule is CNC(=O)CC1COCCOCCOCCOCCOCCO1. The van der Waals surface area contributed by atoms with Gasteiger partial charge in [0.1, 0.15) is 0 Å². The Morgan fingerprint density at radius 2 is 1.22 bits per heavy atom. The lowest BCUT2D eigenvalue weighted by molar-refractivity contribution is -0.126. The van der Waals surface area contributed by atoms with Crippen molar-refractivity contribution in [2.75, 3.05) is 79.7 Å². The molecular weight excluding hydrogens is 306 g/mol. The third-order valence-electron chi connectivity index (χ3n) is 3.06. The van der Waals surface area contributed by atoms with Crippen molar-refractivity contribution in [1.29, 1.82) is 0 Å². The Bertz CT molecular complexity index is 273. The zero-order chi connectivity index (χ0) is 16.6. The van der Waals surface area contributed by atoms with E-state index >= 15 is 0 Å². The molecule has 0 aromatic carbocycles. The summed E-state index contributed by atoms with van der Waals surface area (Å²) >= 11 is 0. The molecule has 1 atom stereocenters. The van der Waals surface area contributed by atoms with Crippen molar-refractivity contribution in [3.05, 3.63) is 0 Å². The van der Waals surface area contributed by atoms with Crippen LogP contribution in [-0.4, -0.2) is 91.7 Å². The van der Waals surface area contributed by atoms with Crippen LogP contribution in [0.2, 0.25) is 0 Å². The van der Waals surface area contributed by atoms with Crippen LogP contribution in [0.3, 0.4) is 0 Å². The molecule has 8 nitrogen and oxygen atoms in total. The Morgan fingerprint density at radius 3 is 1.70 bits per heavy atom. The second kappa shape index (κ2) is 14.8. The van der Waals surface area contributed by atoms with E-state index in [-0.39, 0.29) is 18.4 Å². The normalized spacial score (nSPS) is 24.3. The third kappa shape index (κ3) is 12.3. The van der Waals surface area contributed by atoms with Crippen LogP contribution < -0.4 is 5.32 Å².